The highest BCUT2D eigenvalue weighted by Crippen LogP contribution is 2.44. The van der Waals surface area contributed by atoms with Crippen LogP contribution in [0.4, 0.5) is 13.2 Å². The topological polar surface area (TPSA) is 9.23 Å². The van der Waals surface area contributed by atoms with E-state index < -0.39 is 18.5 Å². The van der Waals surface area contributed by atoms with E-state index in [1.54, 1.807) is 0 Å². The van der Waals surface area contributed by atoms with Crippen LogP contribution in [0.1, 0.15) is 71.6 Å². The molecular weight excluding hydrogens is 301 g/mol. The summed E-state index contributed by atoms with van der Waals surface area (Å²) in [5.74, 6) is -0.473. The monoisotopic (exact) mass is 334 g/mol. The predicted octanol–water partition coefficient (Wildman–Crippen LogP) is 5.81. The van der Waals surface area contributed by atoms with Crippen molar-refractivity contribution in [2.75, 3.05) is 6.61 Å². The smallest absolute Gasteiger partial charge is 0.134 e. The molecule has 2 fully saturated rings. The number of alkyl halides is 3. The average molecular weight is 334 g/mol. The summed E-state index contributed by atoms with van der Waals surface area (Å²) >= 11 is 0. The maximum atomic E-state index is 14.4. The van der Waals surface area contributed by atoms with Crippen LogP contribution < -0.4 is 0 Å². The molecule has 7 atom stereocenters. The fourth-order valence-corrected chi connectivity index (χ4v) is 4.43. The SMILES string of the molecule is CCCCCOC1CCC(C2CCC(CC)C(F)C2F)CC1F. The van der Waals surface area contributed by atoms with Crippen molar-refractivity contribution < 1.29 is 17.9 Å². The van der Waals surface area contributed by atoms with E-state index in [2.05, 4.69) is 6.92 Å². The Bertz CT molecular complexity index is 339. The van der Waals surface area contributed by atoms with Gasteiger partial charge in [0.1, 0.15) is 18.5 Å². The lowest BCUT2D eigenvalue weighted by Gasteiger charge is -2.42. The molecule has 0 aromatic rings. The van der Waals surface area contributed by atoms with E-state index in [1.165, 1.54) is 0 Å². The highest BCUT2D eigenvalue weighted by molar-refractivity contribution is 4.94. The van der Waals surface area contributed by atoms with E-state index in [9.17, 15) is 13.2 Å². The molecule has 1 nitrogen and oxygen atoms in total. The summed E-state index contributed by atoms with van der Waals surface area (Å²) in [5, 5.41) is 0. The minimum Gasteiger partial charge on any atom is -0.375 e. The molecule has 4 heteroatoms. The van der Waals surface area contributed by atoms with Gasteiger partial charge in [0.2, 0.25) is 0 Å². The third-order valence-electron chi connectivity index (χ3n) is 6.00. The van der Waals surface area contributed by atoms with Crippen molar-refractivity contribution in [1.29, 1.82) is 0 Å². The van der Waals surface area contributed by atoms with E-state index >= 15 is 0 Å². The Balaban J connectivity index is 1.80. The molecule has 23 heavy (non-hydrogen) atoms. The van der Waals surface area contributed by atoms with Crippen molar-refractivity contribution in [3.05, 3.63) is 0 Å². The molecule has 0 radical (unpaired) electrons. The van der Waals surface area contributed by atoms with E-state index in [1.807, 2.05) is 6.92 Å². The van der Waals surface area contributed by atoms with Crippen LogP contribution in [0.25, 0.3) is 0 Å². The van der Waals surface area contributed by atoms with Crippen LogP contribution in [0.3, 0.4) is 0 Å². The Morgan fingerprint density at radius 2 is 1.70 bits per heavy atom. The van der Waals surface area contributed by atoms with Gasteiger partial charge in [0.05, 0.1) is 6.10 Å². The van der Waals surface area contributed by atoms with Gasteiger partial charge in [-0.25, -0.2) is 13.2 Å². The maximum Gasteiger partial charge on any atom is 0.134 e. The summed E-state index contributed by atoms with van der Waals surface area (Å²) in [6.45, 7) is 4.66. The van der Waals surface area contributed by atoms with Crippen LogP contribution in [-0.2, 0) is 4.74 Å². The van der Waals surface area contributed by atoms with Crippen LogP contribution >= 0.6 is 0 Å². The van der Waals surface area contributed by atoms with Gasteiger partial charge < -0.3 is 4.74 Å². The van der Waals surface area contributed by atoms with Gasteiger partial charge in [-0.1, -0.05) is 33.1 Å². The largest absolute Gasteiger partial charge is 0.375 e. The van der Waals surface area contributed by atoms with E-state index in [0.29, 0.717) is 32.3 Å². The van der Waals surface area contributed by atoms with Gasteiger partial charge in [-0.3, -0.25) is 0 Å². The highest BCUT2D eigenvalue weighted by atomic mass is 19.2. The van der Waals surface area contributed by atoms with Gasteiger partial charge in [0.25, 0.3) is 0 Å². The van der Waals surface area contributed by atoms with Gasteiger partial charge in [-0.15, -0.1) is 0 Å². The van der Waals surface area contributed by atoms with Crippen molar-refractivity contribution in [1.82, 2.24) is 0 Å². The predicted molar refractivity (Wildman–Crippen MR) is 87.8 cm³/mol. The molecule has 0 bridgehead atoms. The van der Waals surface area contributed by atoms with Crippen LogP contribution in [-0.4, -0.2) is 31.2 Å². The van der Waals surface area contributed by atoms with Gasteiger partial charge in [0.15, 0.2) is 0 Å². The summed E-state index contributed by atoms with van der Waals surface area (Å²) in [5.41, 5.74) is 0. The van der Waals surface area contributed by atoms with Crippen molar-refractivity contribution in [3.63, 3.8) is 0 Å². The zero-order valence-electron chi connectivity index (χ0n) is 14.7. The Hall–Kier alpha value is -0.250. The molecule has 0 saturated heterocycles. The number of ether oxygens (including phenoxy) is 1. The second-order valence-electron chi connectivity index (χ2n) is 7.50. The Kier molecular flexibility index (Phi) is 7.71. The lowest BCUT2D eigenvalue weighted by Crippen LogP contribution is -2.44. The highest BCUT2D eigenvalue weighted by Gasteiger charge is 2.45. The van der Waals surface area contributed by atoms with Gasteiger partial charge in [-0.05, 0) is 56.3 Å². The number of halogens is 3. The third kappa shape index (κ3) is 4.87. The number of hydrogen-bond acceptors (Lipinski definition) is 1. The second kappa shape index (κ2) is 9.29. The molecule has 0 aromatic heterocycles. The van der Waals surface area contributed by atoms with Crippen LogP contribution in [0.15, 0.2) is 0 Å². The van der Waals surface area contributed by atoms with Gasteiger partial charge >= 0.3 is 0 Å². The molecule has 0 N–H and O–H groups in total. The second-order valence-corrected chi connectivity index (χ2v) is 7.50. The first-order chi connectivity index (χ1) is 11.1. The van der Waals surface area contributed by atoms with Crippen molar-refractivity contribution in [2.45, 2.75) is 96.3 Å². The van der Waals surface area contributed by atoms with E-state index in [0.717, 1.165) is 32.1 Å². The fourth-order valence-electron chi connectivity index (χ4n) is 4.43. The molecule has 0 aromatic carbocycles. The zero-order chi connectivity index (χ0) is 16.8. The van der Waals surface area contributed by atoms with Gasteiger partial charge in [0, 0.05) is 6.61 Å². The standard InChI is InChI=1S/C19H33F3O/c1-3-5-6-11-23-17-10-8-14(12-16(17)20)15-9-7-13(4-2)18(21)19(15)22/h13-19H,3-12H2,1-2H3. The van der Waals surface area contributed by atoms with Crippen molar-refractivity contribution in [2.24, 2.45) is 17.8 Å². The molecule has 2 rings (SSSR count). The minimum absolute atomic E-state index is 0.0217. The van der Waals surface area contributed by atoms with Crippen molar-refractivity contribution >= 4 is 0 Å². The first-order valence-electron chi connectivity index (χ1n) is 9.62. The molecule has 2 aliphatic rings. The maximum absolute atomic E-state index is 14.4. The van der Waals surface area contributed by atoms with Crippen LogP contribution in [0.5, 0.6) is 0 Å². The Morgan fingerprint density at radius 3 is 2.35 bits per heavy atom. The van der Waals surface area contributed by atoms with Crippen LogP contribution in [0, 0.1) is 17.8 Å². The Morgan fingerprint density at radius 1 is 0.913 bits per heavy atom. The normalized spacial score (nSPS) is 41.9. The number of rotatable bonds is 7. The number of unbranched alkanes of at least 4 members (excludes halogenated alkanes) is 2. The molecule has 2 aliphatic carbocycles. The van der Waals surface area contributed by atoms with Gasteiger partial charge in [-0.2, -0.15) is 0 Å². The fraction of sp³-hybridized carbons (Fsp3) is 1.00. The lowest BCUT2D eigenvalue weighted by atomic mass is 9.68. The lowest BCUT2D eigenvalue weighted by molar-refractivity contribution is -0.0660. The van der Waals surface area contributed by atoms with Crippen LogP contribution in [0.2, 0.25) is 0 Å². The summed E-state index contributed by atoms with van der Waals surface area (Å²) in [6, 6.07) is 0. The molecule has 0 heterocycles. The first-order valence-corrected chi connectivity index (χ1v) is 9.62. The zero-order valence-corrected chi connectivity index (χ0v) is 14.7. The van der Waals surface area contributed by atoms with E-state index in [-0.39, 0.29) is 23.9 Å². The van der Waals surface area contributed by atoms with Crippen molar-refractivity contribution in [3.8, 4) is 0 Å². The first kappa shape index (κ1) is 19.1. The Labute approximate surface area is 139 Å². The quantitative estimate of drug-likeness (QED) is 0.534. The molecule has 0 aliphatic heterocycles. The molecule has 136 valence electrons. The molecule has 7 unspecified atom stereocenters. The number of hydrogen-bond donors (Lipinski definition) is 0. The summed E-state index contributed by atoms with van der Waals surface area (Å²) in [4.78, 5) is 0. The molecule has 2 saturated carbocycles. The average Bonchev–Trinajstić information content (AvgIpc) is 2.55. The minimum atomic E-state index is -1.41. The summed E-state index contributed by atoms with van der Waals surface area (Å²) < 4.78 is 48.7. The molecule has 0 amide bonds. The summed E-state index contributed by atoms with van der Waals surface area (Å²) in [7, 11) is 0. The van der Waals surface area contributed by atoms with E-state index in [4.69, 9.17) is 4.74 Å². The summed E-state index contributed by atoms with van der Waals surface area (Å²) in [6.07, 6.45) is 2.97. The molecular formula is C19H33F3O. The molecule has 0 spiro atoms. The third-order valence-corrected chi connectivity index (χ3v) is 6.00.